The van der Waals surface area contributed by atoms with Gasteiger partial charge >= 0.3 is 6.09 Å². The monoisotopic (exact) mass is 294 g/mol. The molecule has 0 atom stereocenters. The number of ether oxygens (including phenoxy) is 1. The van der Waals surface area contributed by atoms with E-state index < -0.39 is 6.09 Å². The number of hydrogen-bond acceptors (Lipinski definition) is 3. The third-order valence-corrected chi connectivity index (χ3v) is 3.04. The quantitative estimate of drug-likeness (QED) is 0.796. The first-order valence-electron chi connectivity index (χ1n) is 7.00. The molecule has 0 aliphatic rings. The Morgan fingerprint density at radius 1 is 1.23 bits per heavy atom. The number of aryl methyl sites for hydroxylation is 1. The maximum Gasteiger partial charge on any atom is 0.411 e. The van der Waals surface area contributed by atoms with Crippen LogP contribution in [0.5, 0.6) is 0 Å². The van der Waals surface area contributed by atoms with E-state index in [9.17, 15) is 4.79 Å². The molecule has 1 heterocycles. The molecule has 1 aromatic carbocycles. The van der Waals surface area contributed by atoms with Gasteiger partial charge in [0.2, 0.25) is 0 Å². The summed E-state index contributed by atoms with van der Waals surface area (Å²) in [6.45, 7) is 2.65. The van der Waals surface area contributed by atoms with Crippen LogP contribution in [-0.4, -0.2) is 22.5 Å². The molecule has 22 heavy (non-hydrogen) atoms. The molecule has 0 radical (unpaired) electrons. The van der Waals surface area contributed by atoms with Gasteiger partial charge in [-0.15, -0.1) is 6.42 Å². The van der Waals surface area contributed by atoms with Crippen molar-refractivity contribution in [3.63, 3.8) is 0 Å². The summed E-state index contributed by atoms with van der Waals surface area (Å²) in [6, 6.07) is 15.2. The van der Waals surface area contributed by atoms with Crippen molar-refractivity contribution in [3.8, 4) is 12.3 Å². The van der Waals surface area contributed by atoms with Crippen LogP contribution in [0.15, 0.2) is 48.5 Å². The Hall–Kier alpha value is -2.80. The number of hydrogen-bond donors (Lipinski definition) is 0. The normalized spacial score (nSPS) is 9.82. The van der Waals surface area contributed by atoms with E-state index in [0.29, 0.717) is 6.54 Å². The van der Waals surface area contributed by atoms with Crippen LogP contribution in [0.4, 0.5) is 4.79 Å². The maximum atomic E-state index is 12.2. The lowest BCUT2D eigenvalue weighted by molar-refractivity contribution is 0.0980. The third-order valence-electron chi connectivity index (χ3n) is 3.04. The molecule has 0 saturated heterocycles. The van der Waals surface area contributed by atoms with Gasteiger partial charge in [-0.05, 0) is 24.6 Å². The minimum atomic E-state index is -0.440. The van der Waals surface area contributed by atoms with E-state index in [1.54, 1.807) is 0 Å². The number of pyridine rings is 1. The number of rotatable bonds is 5. The van der Waals surface area contributed by atoms with Crippen LogP contribution in [0.2, 0.25) is 0 Å². The van der Waals surface area contributed by atoms with Crippen LogP contribution >= 0.6 is 0 Å². The minimum Gasteiger partial charge on any atom is -0.445 e. The molecule has 0 bridgehead atoms. The van der Waals surface area contributed by atoms with Crippen molar-refractivity contribution in [1.82, 2.24) is 9.88 Å². The third kappa shape index (κ3) is 4.64. The van der Waals surface area contributed by atoms with Crippen molar-refractivity contribution >= 4 is 6.09 Å². The number of carbonyl (C=O) groups excluding carboxylic acids is 1. The Morgan fingerprint density at radius 3 is 2.68 bits per heavy atom. The van der Waals surface area contributed by atoms with Crippen molar-refractivity contribution < 1.29 is 9.53 Å². The number of carbonyl (C=O) groups is 1. The van der Waals surface area contributed by atoms with E-state index >= 15 is 0 Å². The second kappa shape index (κ2) is 7.84. The molecule has 4 heteroatoms. The Bertz CT molecular complexity index is 662. The topological polar surface area (TPSA) is 42.4 Å². The summed E-state index contributed by atoms with van der Waals surface area (Å²) in [5.41, 5.74) is 2.62. The molecule has 2 aromatic rings. The molecule has 112 valence electrons. The van der Waals surface area contributed by atoms with Gasteiger partial charge in [0, 0.05) is 5.69 Å². The molecule has 0 N–H and O–H groups in total. The highest BCUT2D eigenvalue weighted by atomic mass is 16.6. The molecule has 0 aliphatic heterocycles. The fourth-order valence-corrected chi connectivity index (χ4v) is 1.99. The zero-order chi connectivity index (χ0) is 15.8. The van der Waals surface area contributed by atoms with Gasteiger partial charge in [-0.2, -0.15) is 0 Å². The van der Waals surface area contributed by atoms with Gasteiger partial charge in [0.25, 0.3) is 0 Å². The van der Waals surface area contributed by atoms with E-state index in [1.807, 2.05) is 55.5 Å². The first-order chi connectivity index (χ1) is 10.7. The average molecular weight is 294 g/mol. The van der Waals surface area contributed by atoms with Crippen molar-refractivity contribution in [2.75, 3.05) is 6.54 Å². The summed E-state index contributed by atoms with van der Waals surface area (Å²) in [5.74, 6) is 2.48. The highest BCUT2D eigenvalue weighted by Crippen LogP contribution is 2.07. The fourth-order valence-electron chi connectivity index (χ4n) is 1.99. The number of nitrogens with zero attached hydrogens (tertiary/aromatic N) is 2. The van der Waals surface area contributed by atoms with Crippen molar-refractivity contribution in [2.24, 2.45) is 0 Å². The van der Waals surface area contributed by atoms with Gasteiger partial charge in [-0.3, -0.25) is 9.88 Å². The molecule has 0 fully saturated rings. The summed E-state index contributed by atoms with van der Waals surface area (Å²) in [4.78, 5) is 18.0. The van der Waals surface area contributed by atoms with E-state index in [-0.39, 0.29) is 13.2 Å². The zero-order valence-electron chi connectivity index (χ0n) is 12.5. The van der Waals surface area contributed by atoms with Gasteiger partial charge in [0.05, 0.1) is 18.8 Å². The van der Waals surface area contributed by atoms with Crippen LogP contribution in [-0.2, 0) is 17.9 Å². The molecule has 1 aromatic heterocycles. The second-order valence-corrected chi connectivity index (χ2v) is 4.87. The Morgan fingerprint density at radius 2 is 2.00 bits per heavy atom. The zero-order valence-corrected chi connectivity index (χ0v) is 12.5. The van der Waals surface area contributed by atoms with Gasteiger partial charge in [-0.25, -0.2) is 4.79 Å². The van der Waals surface area contributed by atoms with Crippen LogP contribution in [0.1, 0.15) is 17.0 Å². The SMILES string of the molecule is C#CCN(Cc1cccc(C)n1)C(=O)OCc1ccccc1. The molecule has 0 aliphatic carbocycles. The number of aromatic nitrogens is 1. The summed E-state index contributed by atoms with van der Waals surface area (Å²) >= 11 is 0. The largest absolute Gasteiger partial charge is 0.445 e. The molecule has 0 saturated carbocycles. The van der Waals surface area contributed by atoms with E-state index in [4.69, 9.17) is 11.2 Å². The minimum absolute atomic E-state index is 0.184. The van der Waals surface area contributed by atoms with Crippen LogP contribution in [0.3, 0.4) is 0 Å². The summed E-state index contributed by atoms with van der Waals surface area (Å²) in [5, 5.41) is 0. The summed E-state index contributed by atoms with van der Waals surface area (Å²) < 4.78 is 5.31. The Kier molecular flexibility index (Phi) is 5.56. The lowest BCUT2D eigenvalue weighted by Crippen LogP contribution is -2.31. The number of benzene rings is 1. The van der Waals surface area contributed by atoms with Crippen molar-refractivity contribution in [3.05, 3.63) is 65.5 Å². The van der Waals surface area contributed by atoms with Gasteiger partial charge in [0.15, 0.2) is 0 Å². The average Bonchev–Trinajstić information content (AvgIpc) is 2.53. The van der Waals surface area contributed by atoms with Crippen LogP contribution in [0, 0.1) is 19.3 Å². The Balaban J connectivity index is 1.98. The molecular formula is C18H18N2O2. The predicted octanol–water partition coefficient (Wildman–Crippen LogP) is 3.16. The van der Waals surface area contributed by atoms with Gasteiger partial charge in [-0.1, -0.05) is 42.3 Å². The Labute approximate surface area is 130 Å². The van der Waals surface area contributed by atoms with E-state index in [2.05, 4.69) is 10.9 Å². The molecule has 0 unspecified atom stereocenters. The highest BCUT2D eigenvalue weighted by molar-refractivity contribution is 5.68. The smallest absolute Gasteiger partial charge is 0.411 e. The van der Waals surface area contributed by atoms with E-state index in [1.165, 1.54) is 4.90 Å². The first kappa shape index (κ1) is 15.6. The standard InChI is InChI=1S/C18H18N2O2/c1-3-12-20(13-17-11-7-8-15(2)19-17)18(21)22-14-16-9-5-4-6-10-16/h1,4-11H,12-14H2,2H3. The lowest BCUT2D eigenvalue weighted by Gasteiger charge is -2.19. The van der Waals surface area contributed by atoms with Crippen molar-refractivity contribution in [1.29, 1.82) is 0 Å². The molecule has 1 amide bonds. The van der Waals surface area contributed by atoms with Crippen LogP contribution in [0.25, 0.3) is 0 Å². The van der Waals surface area contributed by atoms with Crippen LogP contribution < -0.4 is 0 Å². The predicted molar refractivity (Wildman–Crippen MR) is 84.8 cm³/mol. The summed E-state index contributed by atoms with van der Waals surface area (Å²) in [6.07, 6.45) is 4.90. The highest BCUT2D eigenvalue weighted by Gasteiger charge is 2.15. The molecule has 4 nitrogen and oxygen atoms in total. The van der Waals surface area contributed by atoms with Crippen molar-refractivity contribution in [2.45, 2.75) is 20.1 Å². The lowest BCUT2D eigenvalue weighted by atomic mass is 10.2. The molecule has 2 rings (SSSR count). The first-order valence-corrected chi connectivity index (χ1v) is 7.00. The second-order valence-electron chi connectivity index (χ2n) is 4.87. The number of terminal acetylenes is 1. The molecular weight excluding hydrogens is 276 g/mol. The maximum absolute atomic E-state index is 12.2. The van der Waals surface area contributed by atoms with Gasteiger partial charge < -0.3 is 4.74 Å². The number of amides is 1. The van der Waals surface area contributed by atoms with Gasteiger partial charge in [0.1, 0.15) is 6.61 Å². The van der Waals surface area contributed by atoms with E-state index in [0.717, 1.165) is 17.0 Å². The summed E-state index contributed by atoms with van der Waals surface area (Å²) in [7, 11) is 0. The molecule has 0 spiro atoms. The fraction of sp³-hybridized carbons (Fsp3) is 0.222.